The Balaban J connectivity index is 2.56. The molecule has 0 bridgehead atoms. The summed E-state index contributed by atoms with van der Waals surface area (Å²) in [5.74, 6) is 2.71. The first-order valence-corrected chi connectivity index (χ1v) is 6.58. The minimum Gasteiger partial charge on any atom is -0.328 e. The van der Waals surface area contributed by atoms with E-state index in [4.69, 9.17) is 5.73 Å². The molecule has 0 spiro atoms. The average molecular weight is 211 g/mol. The lowest BCUT2D eigenvalue weighted by atomic mass is 9.64. The summed E-state index contributed by atoms with van der Waals surface area (Å²) in [6.07, 6.45) is 5.39. The summed E-state index contributed by atoms with van der Waals surface area (Å²) in [5, 5.41) is 0. The van der Waals surface area contributed by atoms with Crippen molar-refractivity contribution in [2.45, 2.75) is 66.3 Å². The average Bonchev–Trinajstić information content (AvgIpc) is 2.07. The largest absolute Gasteiger partial charge is 0.328 e. The zero-order valence-corrected chi connectivity index (χ0v) is 11.2. The molecule has 0 saturated heterocycles. The van der Waals surface area contributed by atoms with Gasteiger partial charge in [0.25, 0.3) is 0 Å². The molecule has 0 heterocycles. The minimum absolute atomic E-state index is 0.342. The molecule has 0 radical (unpaired) electrons. The number of rotatable bonds is 3. The van der Waals surface area contributed by atoms with Crippen LogP contribution in [0.15, 0.2) is 0 Å². The molecule has 1 fully saturated rings. The second kappa shape index (κ2) is 4.86. The second-order valence-electron chi connectivity index (χ2n) is 6.63. The topological polar surface area (TPSA) is 26.0 Å². The fourth-order valence-electron chi connectivity index (χ4n) is 3.25. The van der Waals surface area contributed by atoms with E-state index in [9.17, 15) is 0 Å². The molecule has 4 atom stereocenters. The molecule has 1 aliphatic rings. The molecule has 90 valence electrons. The van der Waals surface area contributed by atoms with E-state index in [1.54, 1.807) is 0 Å². The van der Waals surface area contributed by atoms with Crippen LogP contribution in [-0.4, -0.2) is 6.04 Å². The molecule has 4 unspecified atom stereocenters. The van der Waals surface area contributed by atoms with E-state index in [0.717, 1.165) is 17.8 Å². The highest BCUT2D eigenvalue weighted by Gasteiger charge is 2.35. The molecule has 0 aliphatic heterocycles. The van der Waals surface area contributed by atoms with Gasteiger partial charge in [-0.3, -0.25) is 0 Å². The quantitative estimate of drug-likeness (QED) is 0.754. The van der Waals surface area contributed by atoms with Crippen LogP contribution < -0.4 is 5.73 Å². The van der Waals surface area contributed by atoms with Crippen molar-refractivity contribution in [1.82, 2.24) is 0 Å². The molecule has 0 aromatic heterocycles. The third kappa shape index (κ3) is 3.48. The van der Waals surface area contributed by atoms with Crippen LogP contribution in [0.25, 0.3) is 0 Å². The van der Waals surface area contributed by atoms with Crippen molar-refractivity contribution in [1.29, 1.82) is 0 Å². The van der Waals surface area contributed by atoms with Crippen LogP contribution in [0.3, 0.4) is 0 Å². The van der Waals surface area contributed by atoms with Crippen LogP contribution >= 0.6 is 0 Å². The maximum absolute atomic E-state index is 5.95. The molecule has 0 aromatic carbocycles. The summed E-state index contributed by atoms with van der Waals surface area (Å²) < 4.78 is 0. The lowest BCUT2D eigenvalue weighted by Crippen LogP contribution is -2.35. The van der Waals surface area contributed by atoms with Gasteiger partial charge in [0.2, 0.25) is 0 Å². The minimum atomic E-state index is 0.342. The summed E-state index contributed by atoms with van der Waals surface area (Å²) in [6, 6.07) is 0.342. The predicted octanol–water partition coefficient (Wildman–Crippen LogP) is 3.82. The Kier molecular flexibility index (Phi) is 4.22. The molecule has 0 amide bonds. The zero-order valence-electron chi connectivity index (χ0n) is 11.2. The smallest absolute Gasteiger partial charge is 0.00156 e. The Morgan fingerprint density at radius 2 is 1.80 bits per heavy atom. The molecule has 2 N–H and O–H groups in total. The highest BCUT2D eigenvalue weighted by atomic mass is 14.6. The third-order valence-corrected chi connectivity index (χ3v) is 4.55. The van der Waals surface area contributed by atoms with Crippen molar-refractivity contribution < 1.29 is 0 Å². The first-order valence-electron chi connectivity index (χ1n) is 6.58. The van der Waals surface area contributed by atoms with E-state index in [1.807, 2.05) is 0 Å². The standard InChI is InChI=1S/C14H29N/c1-10-6-7-13(8-11(10)2)14(4,5)9-12(3)15/h10-13H,6-9,15H2,1-5H3. The van der Waals surface area contributed by atoms with Gasteiger partial charge in [0.05, 0.1) is 0 Å². The van der Waals surface area contributed by atoms with E-state index in [2.05, 4.69) is 34.6 Å². The van der Waals surface area contributed by atoms with Crippen molar-refractivity contribution >= 4 is 0 Å². The Morgan fingerprint density at radius 1 is 1.20 bits per heavy atom. The second-order valence-corrected chi connectivity index (χ2v) is 6.63. The van der Waals surface area contributed by atoms with E-state index in [0.29, 0.717) is 11.5 Å². The van der Waals surface area contributed by atoms with Crippen LogP contribution in [0, 0.1) is 23.2 Å². The van der Waals surface area contributed by atoms with Gasteiger partial charge in [-0.15, -0.1) is 0 Å². The SMILES string of the molecule is CC(N)CC(C)(C)C1CCC(C)C(C)C1. The first kappa shape index (κ1) is 13.0. The van der Waals surface area contributed by atoms with Crippen LogP contribution in [-0.2, 0) is 0 Å². The molecule has 15 heavy (non-hydrogen) atoms. The van der Waals surface area contributed by atoms with Crippen LogP contribution in [0.5, 0.6) is 0 Å². The highest BCUT2D eigenvalue weighted by molar-refractivity contribution is 4.86. The third-order valence-electron chi connectivity index (χ3n) is 4.55. The normalized spacial score (nSPS) is 35.2. The Morgan fingerprint density at radius 3 is 2.27 bits per heavy atom. The summed E-state index contributed by atoms with van der Waals surface area (Å²) >= 11 is 0. The molecule has 0 aromatic rings. The Bertz CT molecular complexity index is 196. The van der Waals surface area contributed by atoms with Gasteiger partial charge in [0.1, 0.15) is 0 Å². The molecular formula is C14H29N. The van der Waals surface area contributed by atoms with Crippen molar-refractivity contribution in [2.24, 2.45) is 28.9 Å². The van der Waals surface area contributed by atoms with Gasteiger partial charge >= 0.3 is 0 Å². The summed E-state index contributed by atoms with van der Waals surface area (Å²) in [4.78, 5) is 0. The maximum Gasteiger partial charge on any atom is 0.00156 e. The Labute approximate surface area is 95.8 Å². The fraction of sp³-hybridized carbons (Fsp3) is 1.00. The maximum atomic E-state index is 5.95. The lowest BCUT2D eigenvalue weighted by molar-refractivity contribution is 0.0885. The van der Waals surface area contributed by atoms with Gasteiger partial charge in [0.15, 0.2) is 0 Å². The molecule has 1 heteroatoms. The molecule has 1 saturated carbocycles. The van der Waals surface area contributed by atoms with Crippen molar-refractivity contribution in [3.63, 3.8) is 0 Å². The molecule has 1 nitrogen and oxygen atoms in total. The van der Waals surface area contributed by atoms with Crippen LogP contribution in [0.1, 0.15) is 60.3 Å². The lowest BCUT2D eigenvalue weighted by Gasteiger charge is -2.42. The van der Waals surface area contributed by atoms with E-state index >= 15 is 0 Å². The van der Waals surface area contributed by atoms with Gasteiger partial charge in [-0.1, -0.05) is 34.1 Å². The summed E-state index contributed by atoms with van der Waals surface area (Å²) in [5.41, 5.74) is 6.38. The molecular weight excluding hydrogens is 182 g/mol. The first-order chi connectivity index (χ1) is 6.83. The van der Waals surface area contributed by atoms with Gasteiger partial charge in [-0.2, -0.15) is 0 Å². The van der Waals surface area contributed by atoms with E-state index in [-0.39, 0.29) is 0 Å². The number of hydrogen-bond donors (Lipinski definition) is 1. The Hall–Kier alpha value is -0.0400. The fourth-order valence-corrected chi connectivity index (χ4v) is 3.25. The molecule has 1 rings (SSSR count). The van der Waals surface area contributed by atoms with Gasteiger partial charge in [-0.05, 0) is 49.4 Å². The van der Waals surface area contributed by atoms with Crippen molar-refractivity contribution in [3.05, 3.63) is 0 Å². The summed E-state index contributed by atoms with van der Waals surface area (Å²) in [7, 11) is 0. The van der Waals surface area contributed by atoms with Gasteiger partial charge < -0.3 is 5.73 Å². The van der Waals surface area contributed by atoms with Gasteiger partial charge in [0, 0.05) is 6.04 Å². The van der Waals surface area contributed by atoms with Crippen LogP contribution in [0.4, 0.5) is 0 Å². The zero-order chi connectivity index (χ0) is 11.6. The van der Waals surface area contributed by atoms with Gasteiger partial charge in [-0.25, -0.2) is 0 Å². The van der Waals surface area contributed by atoms with Crippen LogP contribution in [0.2, 0.25) is 0 Å². The highest BCUT2D eigenvalue weighted by Crippen LogP contribution is 2.44. The monoisotopic (exact) mass is 211 g/mol. The van der Waals surface area contributed by atoms with E-state index < -0.39 is 0 Å². The van der Waals surface area contributed by atoms with Crippen molar-refractivity contribution in [3.8, 4) is 0 Å². The van der Waals surface area contributed by atoms with E-state index in [1.165, 1.54) is 25.7 Å². The van der Waals surface area contributed by atoms with Crippen molar-refractivity contribution in [2.75, 3.05) is 0 Å². The predicted molar refractivity (Wildman–Crippen MR) is 67.7 cm³/mol. The number of nitrogens with two attached hydrogens (primary N) is 1. The number of hydrogen-bond acceptors (Lipinski definition) is 1. The summed E-state index contributed by atoms with van der Waals surface area (Å²) in [6.45, 7) is 11.8. The molecule has 1 aliphatic carbocycles.